The summed E-state index contributed by atoms with van der Waals surface area (Å²) in [7, 11) is 0. The molecule has 0 spiro atoms. The average Bonchev–Trinajstić information content (AvgIpc) is 2.15. The summed E-state index contributed by atoms with van der Waals surface area (Å²) in [5, 5.41) is 8.81. The number of aryl methyl sites for hydroxylation is 1. The monoisotopic (exact) mass is 212 g/mol. The Morgan fingerprint density at radius 2 is 2.14 bits per heavy atom. The topological polar surface area (TPSA) is 37.3 Å². The van der Waals surface area contributed by atoms with Crippen molar-refractivity contribution in [2.24, 2.45) is 0 Å². The molecule has 1 aromatic rings. The molecule has 76 valence electrons. The maximum Gasteiger partial charge on any atom is 0.180 e. The number of hydrogen-bond acceptors (Lipinski definition) is 2. The van der Waals surface area contributed by atoms with Crippen LogP contribution in [-0.2, 0) is 6.42 Å². The Labute approximate surface area is 88.5 Å². The molecule has 1 atom stereocenters. The van der Waals surface area contributed by atoms with Gasteiger partial charge in [-0.05, 0) is 37.1 Å². The standard InChI is InChI=1S/C11H13ClO2/c1-3-8-4-9(6-10(13)5-8)11(14)7(2)12/h4-7,13H,3H2,1-2H3. The predicted octanol–water partition coefficient (Wildman–Crippen LogP) is 2.76. The lowest BCUT2D eigenvalue weighted by atomic mass is 10.0. The van der Waals surface area contributed by atoms with Gasteiger partial charge in [-0.2, -0.15) is 0 Å². The number of ketones is 1. The first-order chi connectivity index (χ1) is 6.54. The number of rotatable bonds is 3. The minimum Gasteiger partial charge on any atom is -0.508 e. The van der Waals surface area contributed by atoms with Crippen LogP contribution in [-0.4, -0.2) is 16.3 Å². The van der Waals surface area contributed by atoms with Crippen molar-refractivity contribution in [2.45, 2.75) is 25.6 Å². The van der Waals surface area contributed by atoms with E-state index in [4.69, 9.17) is 11.6 Å². The number of carbonyl (C=O) groups is 1. The number of aromatic hydroxyl groups is 1. The van der Waals surface area contributed by atoms with Gasteiger partial charge in [-0.25, -0.2) is 0 Å². The highest BCUT2D eigenvalue weighted by atomic mass is 35.5. The van der Waals surface area contributed by atoms with Crippen LogP contribution in [0.3, 0.4) is 0 Å². The summed E-state index contributed by atoms with van der Waals surface area (Å²) in [5.74, 6) is -0.0396. The maximum atomic E-state index is 11.5. The zero-order chi connectivity index (χ0) is 10.7. The number of Topliss-reactive ketones (excluding diaryl/α,β-unsaturated/α-hetero) is 1. The SMILES string of the molecule is CCc1cc(O)cc(C(=O)C(C)Cl)c1. The fourth-order valence-corrected chi connectivity index (χ4v) is 1.38. The van der Waals surface area contributed by atoms with Crippen molar-refractivity contribution in [1.29, 1.82) is 0 Å². The van der Waals surface area contributed by atoms with Crippen LogP contribution >= 0.6 is 11.6 Å². The van der Waals surface area contributed by atoms with E-state index in [1.54, 1.807) is 19.1 Å². The van der Waals surface area contributed by atoms with E-state index < -0.39 is 5.38 Å². The Balaban J connectivity index is 3.09. The second-order valence-electron chi connectivity index (χ2n) is 3.22. The first-order valence-corrected chi connectivity index (χ1v) is 4.99. The second-order valence-corrected chi connectivity index (χ2v) is 3.88. The summed E-state index contributed by atoms with van der Waals surface area (Å²) in [4.78, 5) is 11.5. The first kappa shape index (κ1) is 11.1. The van der Waals surface area contributed by atoms with Crippen LogP contribution < -0.4 is 0 Å². The Hall–Kier alpha value is -1.02. The van der Waals surface area contributed by atoms with E-state index in [9.17, 15) is 9.90 Å². The van der Waals surface area contributed by atoms with E-state index in [0.717, 1.165) is 12.0 Å². The van der Waals surface area contributed by atoms with Gasteiger partial charge in [-0.3, -0.25) is 4.79 Å². The molecule has 0 saturated heterocycles. The molecule has 1 unspecified atom stereocenters. The predicted molar refractivity (Wildman–Crippen MR) is 57.1 cm³/mol. The summed E-state index contributed by atoms with van der Waals surface area (Å²) in [6, 6.07) is 4.86. The molecule has 0 fully saturated rings. The fourth-order valence-electron chi connectivity index (χ4n) is 1.25. The molecule has 0 aliphatic heterocycles. The van der Waals surface area contributed by atoms with Crippen LogP contribution in [0.15, 0.2) is 18.2 Å². The van der Waals surface area contributed by atoms with Gasteiger partial charge in [0.05, 0.1) is 5.38 Å². The van der Waals surface area contributed by atoms with Crippen molar-refractivity contribution in [1.82, 2.24) is 0 Å². The van der Waals surface area contributed by atoms with E-state index in [-0.39, 0.29) is 11.5 Å². The van der Waals surface area contributed by atoms with E-state index in [2.05, 4.69) is 0 Å². The van der Waals surface area contributed by atoms with Crippen molar-refractivity contribution in [3.05, 3.63) is 29.3 Å². The number of halogens is 1. The number of carbonyl (C=O) groups excluding carboxylic acids is 1. The van der Waals surface area contributed by atoms with Gasteiger partial charge in [0.2, 0.25) is 0 Å². The minimum absolute atomic E-state index is 0.116. The molecular formula is C11H13ClO2. The van der Waals surface area contributed by atoms with Gasteiger partial charge in [0, 0.05) is 5.56 Å². The third-order valence-corrected chi connectivity index (χ3v) is 2.23. The van der Waals surface area contributed by atoms with E-state index in [1.165, 1.54) is 6.07 Å². The molecule has 1 N–H and O–H groups in total. The van der Waals surface area contributed by atoms with Gasteiger partial charge >= 0.3 is 0 Å². The molecule has 0 bridgehead atoms. The van der Waals surface area contributed by atoms with Crippen LogP contribution in [0.1, 0.15) is 29.8 Å². The summed E-state index contributed by atoms with van der Waals surface area (Å²) < 4.78 is 0. The van der Waals surface area contributed by atoms with Crippen LogP contribution in [0.5, 0.6) is 5.75 Å². The third-order valence-electron chi connectivity index (χ3n) is 2.03. The van der Waals surface area contributed by atoms with Gasteiger partial charge in [-0.1, -0.05) is 6.92 Å². The smallest absolute Gasteiger partial charge is 0.180 e. The maximum absolute atomic E-state index is 11.5. The summed E-state index contributed by atoms with van der Waals surface area (Å²) in [6.45, 7) is 3.59. The van der Waals surface area contributed by atoms with E-state index in [0.29, 0.717) is 5.56 Å². The van der Waals surface area contributed by atoms with E-state index in [1.807, 2.05) is 6.92 Å². The lowest BCUT2D eigenvalue weighted by Crippen LogP contribution is -2.10. The van der Waals surface area contributed by atoms with Crippen molar-refractivity contribution in [3.8, 4) is 5.75 Å². The fraction of sp³-hybridized carbons (Fsp3) is 0.364. The van der Waals surface area contributed by atoms with Gasteiger partial charge in [0.15, 0.2) is 5.78 Å². The molecule has 2 nitrogen and oxygen atoms in total. The van der Waals surface area contributed by atoms with Gasteiger partial charge in [0.25, 0.3) is 0 Å². The molecular weight excluding hydrogens is 200 g/mol. The zero-order valence-corrected chi connectivity index (χ0v) is 9.01. The van der Waals surface area contributed by atoms with Crippen molar-refractivity contribution in [3.63, 3.8) is 0 Å². The number of hydrogen-bond donors (Lipinski definition) is 1. The number of phenolic OH excluding ortho intramolecular Hbond substituents is 1. The molecule has 0 saturated carbocycles. The third kappa shape index (κ3) is 2.48. The number of phenols is 1. The highest BCUT2D eigenvalue weighted by Gasteiger charge is 2.13. The minimum atomic E-state index is -0.554. The van der Waals surface area contributed by atoms with Crippen molar-refractivity contribution < 1.29 is 9.90 Å². The lowest BCUT2D eigenvalue weighted by Gasteiger charge is -2.05. The summed E-state index contributed by atoms with van der Waals surface area (Å²) in [6.07, 6.45) is 0.783. The highest BCUT2D eigenvalue weighted by molar-refractivity contribution is 6.33. The van der Waals surface area contributed by atoms with Crippen LogP contribution in [0.4, 0.5) is 0 Å². The summed E-state index contributed by atoms with van der Waals surface area (Å²) in [5.41, 5.74) is 1.41. The molecule has 0 aliphatic carbocycles. The van der Waals surface area contributed by atoms with Crippen LogP contribution in [0.2, 0.25) is 0 Å². The van der Waals surface area contributed by atoms with Gasteiger partial charge in [-0.15, -0.1) is 11.6 Å². The molecule has 0 aromatic heterocycles. The molecule has 3 heteroatoms. The van der Waals surface area contributed by atoms with E-state index >= 15 is 0 Å². The molecule has 0 amide bonds. The van der Waals surface area contributed by atoms with Crippen LogP contribution in [0.25, 0.3) is 0 Å². The Morgan fingerprint density at radius 1 is 1.50 bits per heavy atom. The molecule has 0 heterocycles. The highest BCUT2D eigenvalue weighted by Crippen LogP contribution is 2.18. The molecule has 14 heavy (non-hydrogen) atoms. The second kappa shape index (κ2) is 4.47. The normalized spacial score (nSPS) is 12.5. The Morgan fingerprint density at radius 3 is 2.64 bits per heavy atom. The first-order valence-electron chi connectivity index (χ1n) is 4.55. The Kier molecular flexibility index (Phi) is 3.53. The van der Waals surface area contributed by atoms with Crippen molar-refractivity contribution in [2.75, 3.05) is 0 Å². The lowest BCUT2D eigenvalue weighted by molar-refractivity contribution is 0.0991. The number of benzene rings is 1. The van der Waals surface area contributed by atoms with Crippen molar-refractivity contribution >= 4 is 17.4 Å². The zero-order valence-electron chi connectivity index (χ0n) is 8.25. The van der Waals surface area contributed by atoms with Gasteiger partial charge < -0.3 is 5.11 Å². The Bertz CT molecular complexity index is 345. The summed E-state index contributed by atoms with van der Waals surface area (Å²) >= 11 is 5.68. The van der Waals surface area contributed by atoms with Gasteiger partial charge in [0.1, 0.15) is 5.75 Å². The molecule has 1 rings (SSSR count). The average molecular weight is 213 g/mol. The number of alkyl halides is 1. The quantitative estimate of drug-likeness (QED) is 0.618. The van der Waals surface area contributed by atoms with Crippen LogP contribution in [0, 0.1) is 0 Å². The largest absolute Gasteiger partial charge is 0.508 e. The molecule has 0 radical (unpaired) electrons. The molecule has 1 aromatic carbocycles. The molecule has 0 aliphatic rings.